The molecule has 0 radical (unpaired) electrons. The summed E-state index contributed by atoms with van der Waals surface area (Å²) < 4.78 is 45.9. The van der Waals surface area contributed by atoms with E-state index >= 15 is 0 Å². The molecule has 1 aromatic heterocycles. The standard InChI is InChI=1S/C18H18F3N3O4/c19-18(20,21)15-14(9-22-23-16(15)25)24-7-2-1-5-12(24)10-28-13-6-3-4-11(8-13)17(26)27/h3-4,6,8-9,12H,1-2,5,7,10H2,(H,23,25)(H,26,27). The molecule has 0 saturated carbocycles. The van der Waals surface area contributed by atoms with Crippen LogP contribution in [0.15, 0.2) is 35.3 Å². The van der Waals surface area contributed by atoms with Crippen molar-refractivity contribution in [3.05, 3.63) is 51.9 Å². The smallest absolute Gasteiger partial charge is 0.423 e. The van der Waals surface area contributed by atoms with Crippen molar-refractivity contribution in [1.29, 1.82) is 0 Å². The maximum atomic E-state index is 13.4. The quantitative estimate of drug-likeness (QED) is 0.806. The van der Waals surface area contributed by atoms with E-state index in [2.05, 4.69) is 5.10 Å². The Morgan fingerprint density at radius 2 is 2.14 bits per heavy atom. The first-order valence-electron chi connectivity index (χ1n) is 8.65. The number of carboxylic acid groups (broad SMARTS) is 1. The number of hydrogen-bond donors (Lipinski definition) is 2. The summed E-state index contributed by atoms with van der Waals surface area (Å²) in [4.78, 5) is 24.3. The molecule has 1 saturated heterocycles. The Hall–Kier alpha value is -3.04. The van der Waals surface area contributed by atoms with Crippen LogP contribution in [0, 0.1) is 0 Å². The number of nitrogens with one attached hydrogen (secondary N) is 1. The second kappa shape index (κ2) is 7.91. The van der Waals surface area contributed by atoms with E-state index in [4.69, 9.17) is 9.84 Å². The molecule has 2 aromatic rings. The van der Waals surface area contributed by atoms with Crippen molar-refractivity contribution in [1.82, 2.24) is 10.2 Å². The molecule has 28 heavy (non-hydrogen) atoms. The van der Waals surface area contributed by atoms with Gasteiger partial charge in [0.05, 0.1) is 23.5 Å². The number of rotatable bonds is 5. The zero-order chi connectivity index (χ0) is 20.3. The van der Waals surface area contributed by atoms with Crippen LogP contribution < -0.4 is 15.2 Å². The average molecular weight is 397 g/mol. The zero-order valence-corrected chi connectivity index (χ0v) is 14.7. The topological polar surface area (TPSA) is 95.5 Å². The van der Waals surface area contributed by atoms with Crippen molar-refractivity contribution in [2.24, 2.45) is 0 Å². The Morgan fingerprint density at radius 1 is 1.36 bits per heavy atom. The molecule has 7 nitrogen and oxygen atoms in total. The number of nitrogens with zero attached hydrogens (tertiary/aromatic N) is 2. The number of alkyl halides is 3. The molecule has 0 bridgehead atoms. The van der Waals surface area contributed by atoms with Crippen LogP contribution in [0.25, 0.3) is 0 Å². The zero-order valence-electron chi connectivity index (χ0n) is 14.7. The monoisotopic (exact) mass is 397 g/mol. The second-order valence-electron chi connectivity index (χ2n) is 6.44. The molecular weight excluding hydrogens is 379 g/mol. The van der Waals surface area contributed by atoms with E-state index in [0.717, 1.165) is 12.6 Å². The van der Waals surface area contributed by atoms with Gasteiger partial charge >= 0.3 is 12.1 Å². The van der Waals surface area contributed by atoms with E-state index in [9.17, 15) is 22.8 Å². The highest BCUT2D eigenvalue weighted by molar-refractivity contribution is 5.88. The Labute approximate surface area is 157 Å². The van der Waals surface area contributed by atoms with E-state index < -0.39 is 29.3 Å². The summed E-state index contributed by atoms with van der Waals surface area (Å²) in [6.45, 7) is 0.380. The highest BCUT2D eigenvalue weighted by atomic mass is 19.4. The molecular formula is C18H18F3N3O4. The maximum Gasteiger partial charge on any atom is 0.423 e. The number of benzene rings is 1. The summed E-state index contributed by atoms with van der Waals surface area (Å²) in [6, 6.07) is 5.47. The molecule has 10 heteroatoms. The molecule has 1 aliphatic rings. The van der Waals surface area contributed by atoms with Crippen LogP contribution in [0.1, 0.15) is 35.2 Å². The van der Waals surface area contributed by atoms with Gasteiger partial charge in [-0.05, 0) is 37.5 Å². The first-order chi connectivity index (χ1) is 13.3. The maximum absolute atomic E-state index is 13.4. The predicted molar refractivity (Wildman–Crippen MR) is 93.7 cm³/mol. The Bertz CT molecular complexity index is 913. The van der Waals surface area contributed by atoms with Gasteiger partial charge in [0.25, 0.3) is 5.56 Å². The molecule has 0 amide bonds. The molecule has 1 atom stereocenters. The van der Waals surface area contributed by atoms with Crippen molar-refractivity contribution < 1.29 is 27.8 Å². The van der Waals surface area contributed by atoms with E-state index in [0.29, 0.717) is 25.1 Å². The number of halogens is 3. The third-order valence-corrected chi connectivity index (χ3v) is 4.58. The van der Waals surface area contributed by atoms with Gasteiger partial charge in [0.1, 0.15) is 17.9 Å². The number of carboxylic acids is 1. The van der Waals surface area contributed by atoms with E-state index in [1.165, 1.54) is 23.1 Å². The van der Waals surface area contributed by atoms with Crippen LogP contribution in [0.5, 0.6) is 5.75 Å². The fourth-order valence-electron chi connectivity index (χ4n) is 3.28. The number of piperidine rings is 1. The summed E-state index contributed by atoms with van der Waals surface area (Å²) in [5.74, 6) is -0.792. The minimum absolute atomic E-state index is 0.0488. The molecule has 1 aromatic carbocycles. The predicted octanol–water partition coefficient (Wildman–Crippen LogP) is 2.92. The number of aromatic amines is 1. The lowest BCUT2D eigenvalue weighted by Crippen LogP contribution is -2.45. The van der Waals surface area contributed by atoms with Crippen LogP contribution in [0.4, 0.5) is 18.9 Å². The van der Waals surface area contributed by atoms with Gasteiger partial charge in [-0.25, -0.2) is 9.89 Å². The molecule has 0 aliphatic carbocycles. The van der Waals surface area contributed by atoms with E-state index in [-0.39, 0.29) is 17.9 Å². The van der Waals surface area contributed by atoms with Gasteiger partial charge in [-0.1, -0.05) is 6.07 Å². The van der Waals surface area contributed by atoms with Crippen molar-refractivity contribution in [2.45, 2.75) is 31.5 Å². The number of ether oxygens (including phenoxy) is 1. The van der Waals surface area contributed by atoms with Gasteiger partial charge < -0.3 is 14.7 Å². The SMILES string of the molecule is O=C(O)c1cccc(OCC2CCCCN2c2cn[nH]c(=O)c2C(F)(F)F)c1. The molecule has 3 rings (SSSR count). The number of H-pyrrole nitrogens is 1. The summed E-state index contributed by atoms with van der Waals surface area (Å²) in [7, 11) is 0. The summed E-state index contributed by atoms with van der Waals surface area (Å²) in [6.07, 6.45) is -1.76. The fourth-order valence-corrected chi connectivity index (χ4v) is 3.28. The highest BCUT2D eigenvalue weighted by Crippen LogP contribution is 2.36. The van der Waals surface area contributed by atoms with Crippen LogP contribution in [-0.2, 0) is 6.18 Å². The minimum Gasteiger partial charge on any atom is -0.491 e. The number of anilines is 1. The third kappa shape index (κ3) is 4.26. The highest BCUT2D eigenvalue weighted by Gasteiger charge is 2.40. The molecule has 0 spiro atoms. The number of aromatic carboxylic acids is 1. The van der Waals surface area contributed by atoms with Crippen molar-refractivity contribution in [2.75, 3.05) is 18.1 Å². The Morgan fingerprint density at radius 3 is 2.86 bits per heavy atom. The summed E-state index contributed by atoms with van der Waals surface area (Å²) in [5, 5.41) is 14.4. The molecule has 1 fully saturated rings. The van der Waals surface area contributed by atoms with Crippen molar-refractivity contribution >= 4 is 11.7 Å². The van der Waals surface area contributed by atoms with Crippen molar-refractivity contribution in [3.8, 4) is 5.75 Å². The summed E-state index contributed by atoms with van der Waals surface area (Å²) in [5.41, 5.74) is -2.79. The van der Waals surface area contributed by atoms with Gasteiger partial charge in [-0.3, -0.25) is 4.79 Å². The van der Waals surface area contributed by atoms with Crippen molar-refractivity contribution in [3.63, 3.8) is 0 Å². The van der Waals surface area contributed by atoms with Crippen LogP contribution >= 0.6 is 0 Å². The van der Waals surface area contributed by atoms with Gasteiger partial charge in [0.2, 0.25) is 0 Å². The lowest BCUT2D eigenvalue weighted by atomic mass is 10.0. The summed E-state index contributed by atoms with van der Waals surface area (Å²) >= 11 is 0. The third-order valence-electron chi connectivity index (χ3n) is 4.58. The normalized spacial score (nSPS) is 17.4. The molecule has 150 valence electrons. The first-order valence-corrected chi connectivity index (χ1v) is 8.65. The lowest BCUT2D eigenvalue weighted by molar-refractivity contribution is -0.138. The minimum atomic E-state index is -4.81. The average Bonchev–Trinajstić information content (AvgIpc) is 2.65. The van der Waals surface area contributed by atoms with Gasteiger partial charge in [-0.15, -0.1) is 0 Å². The fraction of sp³-hybridized carbons (Fsp3) is 0.389. The number of hydrogen-bond acceptors (Lipinski definition) is 5. The van der Waals surface area contributed by atoms with Gasteiger partial charge in [0, 0.05) is 6.54 Å². The number of carbonyl (C=O) groups is 1. The van der Waals surface area contributed by atoms with E-state index in [1.807, 2.05) is 5.10 Å². The molecule has 2 N–H and O–H groups in total. The molecule has 2 heterocycles. The van der Waals surface area contributed by atoms with Crippen LogP contribution in [0.2, 0.25) is 0 Å². The van der Waals surface area contributed by atoms with Gasteiger partial charge in [-0.2, -0.15) is 18.3 Å². The molecule has 1 unspecified atom stereocenters. The largest absolute Gasteiger partial charge is 0.491 e. The van der Waals surface area contributed by atoms with Gasteiger partial charge in [0.15, 0.2) is 0 Å². The first kappa shape index (κ1) is 19.7. The second-order valence-corrected chi connectivity index (χ2v) is 6.44. The Balaban J connectivity index is 1.84. The lowest BCUT2D eigenvalue weighted by Gasteiger charge is -2.38. The Kier molecular flexibility index (Phi) is 5.57. The van der Waals surface area contributed by atoms with Crippen LogP contribution in [0.3, 0.4) is 0 Å². The van der Waals surface area contributed by atoms with Crippen LogP contribution in [-0.4, -0.2) is 40.5 Å². The number of aromatic nitrogens is 2. The van der Waals surface area contributed by atoms with E-state index in [1.54, 1.807) is 6.07 Å². The molecule has 1 aliphatic heterocycles.